The highest BCUT2D eigenvalue weighted by atomic mass is 32.2. The summed E-state index contributed by atoms with van der Waals surface area (Å²) in [7, 11) is -1.12. The summed E-state index contributed by atoms with van der Waals surface area (Å²) in [5, 5.41) is 2.97. The molecular weight excluding hydrogens is 258 g/mol. The predicted molar refractivity (Wildman–Crippen MR) is 78.3 cm³/mol. The summed E-state index contributed by atoms with van der Waals surface area (Å²) in [4.78, 5) is 11.7. The smallest absolute Gasteiger partial charge is 0.232 e. The van der Waals surface area contributed by atoms with E-state index in [2.05, 4.69) is 5.32 Å². The molecule has 1 aromatic rings. The van der Waals surface area contributed by atoms with Crippen molar-refractivity contribution in [2.24, 2.45) is 0 Å². The van der Waals surface area contributed by atoms with E-state index in [9.17, 15) is 9.00 Å². The van der Waals surface area contributed by atoms with Crippen molar-refractivity contribution >= 4 is 16.7 Å². The molecule has 0 bridgehead atoms. The zero-order valence-corrected chi connectivity index (χ0v) is 12.2. The summed E-state index contributed by atoms with van der Waals surface area (Å²) in [6.45, 7) is 2.02. The molecule has 1 aliphatic carbocycles. The van der Waals surface area contributed by atoms with E-state index in [0.29, 0.717) is 11.8 Å². The molecular formula is C15H21NO2S. The SMILES string of the molecule is Cc1ccc(CS(=O)CC(=O)NC2CCCC2)cc1. The van der Waals surface area contributed by atoms with Gasteiger partial charge in [-0.25, -0.2) is 0 Å². The van der Waals surface area contributed by atoms with Gasteiger partial charge in [0.05, 0.1) is 0 Å². The van der Waals surface area contributed by atoms with Gasteiger partial charge in [0, 0.05) is 22.6 Å². The maximum Gasteiger partial charge on any atom is 0.232 e. The fourth-order valence-corrected chi connectivity index (χ4v) is 3.45. The van der Waals surface area contributed by atoms with Crippen LogP contribution in [0.1, 0.15) is 36.8 Å². The van der Waals surface area contributed by atoms with Crippen molar-refractivity contribution in [3.63, 3.8) is 0 Å². The van der Waals surface area contributed by atoms with Gasteiger partial charge in [-0.2, -0.15) is 0 Å². The van der Waals surface area contributed by atoms with Gasteiger partial charge in [0.25, 0.3) is 0 Å². The third-order valence-electron chi connectivity index (χ3n) is 3.46. The Morgan fingerprint density at radius 3 is 2.53 bits per heavy atom. The number of carbonyl (C=O) groups is 1. The van der Waals surface area contributed by atoms with E-state index in [-0.39, 0.29) is 11.7 Å². The highest BCUT2D eigenvalue weighted by Crippen LogP contribution is 2.17. The lowest BCUT2D eigenvalue weighted by Gasteiger charge is -2.11. The molecule has 0 radical (unpaired) electrons. The van der Waals surface area contributed by atoms with Crippen molar-refractivity contribution in [3.8, 4) is 0 Å². The van der Waals surface area contributed by atoms with Crippen LogP contribution in [-0.2, 0) is 21.3 Å². The van der Waals surface area contributed by atoms with Crippen LogP contribution in [-0.4, -0.2) is 21.9 Å². The highest BCUT2D eigenvalue weighted by molar-refractivity contribution is 7.84. The van der Waals surface area contributed by atoms with Crippen LogP contribution in [0.2, 0.25) is 0 Å². The number of carbonyl (C=O) groups excluding carboxylic acids is 1. The van der Waals surface area contributed by atoms with Crippen molar-refractivity contribution in [3.05, 3.63) is 35.4 Å². The number of rotatable bonds is 5. The molecule has 0 aliphatic heterocycles. The quantitative estimate of drug-likeness (QED) is 0.899. The lowest BCUT2D eigenvalue weighted by molar-refractivity contribution is -0.119. The highest BCUT2D eigenvalue weighted by Gasteiger charge is 2.18. The minimum absolute atomic E-state index is 0.0719. The second-order valence-corrected chi connectivity index (χ2v) is 6.72. The van der Waals surface area contributed by atoms with Crippen LogP contribution >= 0.6 is 0 Å². The van der Waals surface area contributed by atoms with E-state index >= 15 is 0 Å². The Morgan fingerprint density at radius 2 is 1.89 bits per heavy atom. The van der Waals surface area contributed by atoms with Gasteiger partial charge in [-0.15, -0.1) is 0 Å². The molecule has 1 atom stereocenters. The molecule has 0 saturated heterocycles. The Morgan fingerprint density at radius 1 is 1.26 bits per heavy atom. The van der Waals surface area contributed by atoms with Gasteiger partial charge in [-0.1, -0.05) is 42.7 Å². The summed E-state index contributed by atoms with van der Waals surface area (Å²) >= 11 is 0. The largest absolute Gasteiger partial charge is 0.353 e. The van der Waals surface area contributed by atoms with Crippen molar-refractivity contribution in [2.45, 2.75) is 44.4 Å². The van der Waals surface area contributed by atoms with E-state index in [0.717, 1.165) is 18.4 Å². The molecule has 4 heteroatoms. The van der Waals surface area contributed by atoms with Crippen molar-refractivity contribution in [2.75, 3.05) is 5.75 Å². The third-order valence-corrected chi connectivity index (χ3v) is 4.70. The first-order valence-corrected chi connectivity index (χ1v) is 8.32. The summed E-state index contributed by atoms with van der Waals surface area (Å²) in [6.07, 6.45) is 4.52. The molecule has 0 heterocycles. The van der Waals surface area contributed by atoms with Gasteiger partial charge in [-0.3, -0.25) is 9.00 Å². The number of benzene rings is 1. The topological polar surface area (TPSA) is 46.2 Å². The van der Waals surface area contributed by atoms with E-state index in [1.165, 1.54) is 18.4 Å². The van der Waals surface area contributed by atoms with Crippen molar-refractivity contribution in [1.82, 2.24) is 5.32 Å². The molecule has 0 spiro atoms. The van der Waals surface area contributed by atoms with Gasteiger partial charge in [0.2, 0.25) is 5.91 Å². The zero-order chi connectivity index (χ0) is 13.7. The lowest BCUT2D eigenvalue weighted by atomic mass is 10.2. The van der Waals surface area contributed by atoms with Crippen molar-refractivity contribution < 1.29 is 9.00 Å². The predicted octanol–water partition coefficient (Wildman–Crippen LogP) is 2.30. The van der Waals surface area contributed by atoms with E-state index in [4.69, 9.17) is 0 Å². The van der Waals surface area contributed by atoms with Crippen LogP contribution in [0, 0.1) is 6.92 Å². The normalized spacial score (nSPS) is 17.3. The maximum atomic E-state index is 11.9. The summed E-state index contributed by atoms with van der Waals surface area (Å²) < 4.78 is 11.9. The van der Waals surface area contributed by atoms with Crippen LogP contribution in [0.4, 0.5) is 0 Å². The van der Waals surface area contributed by atoms with Crippen LogP contribution in [0.5, 0.6) is 0 Å². The molecule has 1 fully saturated rings. The average molecular weight is 279 g/mol. The second kappa shape index (κ2) is 6.85. The first kappa shape index (κ1) is 14.3. The summed E-state index contributed by atoms with van der Waals surface area (Å²) in [5.41, 5.74) is 2.21. The summed E-state index contributed by atoms with van der Waals surface area (Å²) in [6, 6.07) is 8.27. The lowest BCUT2D eigenvalue weighted by Crippen LogP contribution is -2.35. The molecule has 3 nitrogen and oxygen atoms in total. The van der Waals surface area contributed by atoms with Crippen LogP contribution in [0.3, 0.4) is 0 Å². The Labute approximate surface area is 117 Å². The van der Waals surface area contributed by atoms with Crippen LogP contribution in [0.25, 0.3) is 0 Å². The average Bonchev–Trinajstić information content (AvgIpc) is 2.84. The Kier molecular flexibility index (Phi) is 5.14. The molecule has 1 saturated carbocycles. The number of amides is 1. The number of hydrogen-bond donors (Lipinski definition) is 1. The minimum atomic E-state index is -1.12. The number of hydrogen-bond acceptors (Lipinski definition) is 2. The monoisotopic (exact) mass is 279 g/mol. The zero-order valence-electron chi connectivity index (χ0n) is 11.4. The fraction of sp³-hybridized carbons (Fsp3) is 0.533. The first-order chi connectivity index (χ1) is 9.13. The second-order valence-electron chi connectivity index (χ2n) is 5.26. The molecule has 2 rings (SSSR count). The maximum absolute atomic E-state index is 11.9. The van der Waals surface area contributed by atoms with Gasteiger partial charge in [0.1, 0.15) is 5.75 Å². The number of aryl methyl sites for hydroxylation is 1. The Hall–Kier alpha value is -1.16. The van der Waals surface area contributed by atoms with Gasteiger partial charge in [-0.05, 0) is 25.3 Å². The summed E-state index contributed by atoms with van der Waals surface area (Å²) in [5.74, 6) is 0.500. The van der Waals surface area contributed by atoms with Crippen LogP contribution < -0.4 is 5.32 Å². The molecule has 1 aromatic carbocycles. The molecule has 1 amide bonds. The Bertz CT molecular complexity index is 450. The van der Waals surface area contributed by atoms with Gasteiger partial charge >= 0.3 is 0 Å². The molecule has 1 unspecified atom stereocenters. The van der Waals surface area contributed by atoms with E-state index in [1.54, 1.807) is 0 Å². The third kappa shape index (κ3) is 4.78. The molecule has 0 aromatic heterocycles. The van der Waals surface area contributed by atoms with Crippen LogP contribution in [0.15, 0.2) is 24.3 Å². The van der Waals surface area contributed by atoms with Crippen molar-refractivity contribution in [1.29, 1.82) is 0 Å². The van der Waals surface area contributed by atoms with E-state index < -0.39 is 10.8 Å². The number of nitrogens with one attached hydrogen (secondary N) is 1. The molecule has 1 N–H and O–H groups in total. The molecule has 19 heavy (non-hydrogen) atoms. The standard InChI is InChI=1S/C15H21NO2S/c1-12-6-8-13(9-7-12)10-19(18)11-15(17)16-14-4-2-3-5-14/h6-9,14H,2-5,10-11H2,1H3,(H,16,17). The molecule has 1 aliphatic rings. The van der Waals surface area contributed by atoms with Gasteiger partial charge in [0.15, 0.2) is 0 Å². The molecule has 104 valence electrons. The fourth-order valence-electron chi connectivity index (χ4n) is 2.41. The minimum Gasteiger partial charge on any atom is -0.353 e. The Balaban J connectivity index is 1.77. The van der Waals surface area contributed by atoms with Gasteiger partial charge < -0.3 is 5.32 Å². The van der Waals surface area contributed by atoms with E-state index in [1.807, 2.05) is 31.2 Å². The first-order valence-electron chi connectivity index (χ1n) is 6.83.